The summed E-state index contributed by atoms with van der Waals surface area (Å²) in [5.41, 5.74) is 0.814. The summed E-state index contributed by atoms with van der Waals surface area (Å²) in [5.74, 6) is -1.62. The fourth-order valence-corrected chi connectivity index (χ4v) is 1.26. The van der Waals surface area contributed by atoms with Crippen LogP contribution in [0.5, 0.6) is 0 Å². The molecule has 3 nitrogen and oxygen atoms in total. The van der Waals surface area contributed by atoms with Gasteiger partial charge in [0.2, 0.25) is 0 Å². The van der Waals surface area contributed by atoms with Crippen molar-refractivity contribution in [3.63, 3.8) is 0 Å². The Balaban J connectivity index is 3.30. The van der Waals surface area contributed by atoms with Crippen molar-refractivity contribution in [3.8, 4) is 0 Å². The monoisotopic (exact) mass is 209 g/mol. The van der Waals surface area contributed by atoms with Gasteiger partial charge in [-0.2, -0.15) is 0 Å². The van der Waals surface area contributed by atoms with E-state index < -0.39 is 11.8 Å². The Kier molecular flexibility index (Phi) is 3.09. The second-order valence-corrected chi connectivity index (χ2v) is 3.34. The van der Waals surface area contributed by atoms with Crippen molar-refractivity contribution >= 4 is 17.2 Å². The van der Waals surface area contributed by atoms with E-state index in [1.807, 2.05) is 0 Å². The molecule has 0 aliphatic heterocycles. The number of hydrogen-bond acceptors (Lipinski definition) is 2. The smallest absolute Gasteiger partial charge is 0.335 e. The van der Waals surface area contributed by atoms with Crippen molar-refractivity contribution in [2.45, 2.75) is 0 Å². The largest absolute Gasteiger partial charge is 0.478 e. The molecule has 0 saturated carbocycles. The first-order chi connectivity index (χ1) is 6.93. The molecule has 0 aliphatic rings. The molecular weight excluding hydrogens is 197 g/mol. The van der Waals surface area contributed by atoms with Gasteiger partial charge in [0, 0.05) is 25.3 Å². The third-order valence-electron chi connectivity index (χ3n) is 2.02. The highest BCUT2D eigenvalue weighted by atomic mass is 19.1. The van der Waals surface area contributed by atoms with E-state index in [0.717, 1.165) is 0 Å². The van der Waals surface area contributed by atoms with E-state index >= 15 is 0 Å². The SMILES string of the molecule is C=C(C(=O)O)c1cc(F)ccc1N(C)C. The highest BCUT2D eigenvalue weighted by Crippen LogP contribution is 2.25. The fourth-order valence-electron chi connectivity index (χ4n) is 1.26. The molecule has 0 unspecified atom stereocenters. The maximum Gasteiger partial charge on any atom is 0.335 e. The predicted octanol–water partition coefficient (Wildman–Crippen LogP) is 1.99. The molecule has 0 fully saturated rings. The summed E-state index contributed by atoms with van der Waals surface area (Å²) in [5, 5.41) is 8.79. The lowest BCUT2D eigenvalue weighted by atomic mass is 10.0. The summed E-state index contributed by atoms with van der Waals surface area (Å²) in [6, 6.07) is 3.98. The van der Waals surface area contributed by atoms with Gasteiger partial charge in [-0.1, -0.05) is 6.58 Å². The van der Waals surface area contributed by atoms with Gasteiger partial charge >= 0.3 is 5.97 Å². The summed E-state index contributed by atoms with van der Waals surface area (Å²) in [4.78, 5) is 12.5. The normalized spacial score (nSPS) is 9.80. The second kappa shape index (κ2) is 4.13. The molecule has 15 heavy (non-hydrogen) atoms. The Morgan fingerprint density at radius 3 is 2.53 bits per heavy atom. The van der Waals surface area contributed by atoms with Gasteiger partial charge < -0.3 is 10.0 Å². The maximum atomic E-state index is 13.0. The van der Waals surface area contributed by atoms with Gasteiger partial charge in [-0.15, -0.1) is 0 Å². The Labute approximate surface area is 87.4 Å². The minimum absolute atomic E-state index is 0.113. The van der Waals surface area contributed by atoms with Crippen LogP contribution in [-0.2, 0) is 4.79 Å². The summed E-state index contributed by atoms with van der Waals surface area (Å²) in [7, 11) is 3.51. The predicted molar refractivity (Wildman–Crippen MR) is 57.4 cm³/mol. The number of carbonyl (C=O) groups is 1. The lowest BCUT2D eigenvalue weighted by Crippen LogP contribution is -2.12. The van der Waals surface area contributed by atoms with Gasteiger partial charge in [0.1, 0.15) is 5.82 Å². The highest BCUT2D eigenvalue weighted by molar-refractivity contribution is 6.16. The van der Waals surface area contributed by atoms with Gasteiger partial charge in [-0.25, -0.2) is 9.18 Å². The quantitative estimate of drug-likeness (QED) is 0.774. The number of hydrogen-bond donors (Lipinski definition) is 1. The summed E-state index contributed by atoms with van der Waals surface area (Å²) in [6.07, 6.45) is 0. The van der Waals surface area contributed by atoms with Crippen molar-refractivity contribution in [1.82, 2.24) is 0 Å². The Hall–Kier alpha value is -1.84. The number of carboxylic acid groups (broad SMARTS) is 1. The van der Waals surface area contributed by atoms with Crippen LogP contribution in [0, 0.1) is 5.82 Å². The van der Waals surface area contributed by atoms with E-state index in [1.165, 1.54) is 18.2 Å². The van der Waals surface area contributed by atoms with Crippen LogP contribution in [0.4, 0.5) is 10.1 Å². The van der Waals surface area contributed by atoms with Crippen LogP contribution in [0.25, 0.3) is 5.57 Å². The average molecular weight is 209 g/mol. The van der Waals surface area contributed by atoms with Crippen LogP contribution in [0.3, 0.4) is 0 Å². The van der Waals surface area contributed by atoms with Gasteiger partial charge in [-0.3, -0.25) is 0 Å². The van der Waals surface area contributed by atoms with Crippen molar-refractivity contribution in [1.29, 1.82) is 0 Å². The van der Waals surface area contributed by atoms with Gasteiger partial charge in [-0.05, 0) is 18.2 Å². The molecule has 0 amide bonds. The first kappa shape index (κ1) is 11.2. The van der Waals surface area contributed by atoms with E-state index in [1.54, 1.807) is 19.0 Å². The zero-order chi connectivity index (χ0) is 11.6. The summed E-state index contributed by atoms with van der Waals surface area (Å²) >= 11 is 0. The number of carboxylic acids is 1. The zero-order valence-electron chi connectivity index (χ0n) is 8.62. The molecule has 0 aliphatic carbocycles. The van der Waals surface area contributed by atoms with Crippen LogP contribution >= 0.6 is 0 Å². The molecule has 0 radical (unpaired) electrons. The molecule has 0 bridgehead atoms. The molecule has 1 N–H and O–H groups in total. The van der Waals surface area contributed by atoms with Crippen LogP contribution in [-0.4, -0.2) is 25.2 Å². The third-order valence-corrected chi connectivity index (χ3v) is 2.02. The number of benzene rings is 1. The minimum atomic E-state index is -1.15. The number of halogens is 1. The van der Waals surface area contributed by atoms with Gasteiger partial charge in [0.15, 0.2) is 0 Å². The van der Waals surface area contributed by atoms with Crippen LogP contribution in [0.1, 0.15) is 5.56 Å². The molecule has 0 saturated heterocycles. The first-order valence-corrected chi connectivity index (χ1v) is 4.33. The Bertz CT molecular complexity index is 413. The number of rotatable bonds is 3. The molecular formula is C11H12FNO2. The first-order valence-electron chi connectivity index (χ1n) is 4.33. The van der Waals surface area contributed by atoms with Gasteiger partial charge in [0.25, 0.3) is 0 Å². The molecule has 0 heterocycles. The Morgan fingerprint density at radius 1 is 1.47 bits per heavy atom. The molecule has 0 aromatic heterocycles. The topological polar surface area (TPSA) is 40.5 Å². The van der Waals surface area contributed by atoms with E-state index in [9.17, 15) is 9.18 Å². The number of aliphatic carboxylic acids is 1. The van der Waals surface area contributed by atoms with Crippen molar-refractivity contribution < 1.29 is 14.3 Å². The molecule has 1 rings (SSSR count). The van der Waals surface area contributed by atoms with E-state index in [-0.39, 0.29) is 5.57 Å². The van der Waals surface area contributed by atoms with E-state index in [0.29, 0.717) is 11.3 Å². The van der Waals surface area contributed by atoms with Crippen molar-refractivity contribution in [2.75, 3.05) is 19.0 Å². The summed E-state index contributed by atoms with van der Waals surface area (Å²) in [6.45, 7) is 3.42. The Morgan fingerprint density at radius 2 is 2.07 bits per heavy atom. The fraction of sp³-hybridized carbons (Fsp3) is 0.182. The molecule has 80 valence electrons. The van der Waals surface area contributed by atoms with Crippen LogP contribution in [0.15, 0.2) is 24.8 Å². The molecule has 1 aromatic rings. The maximum absolute atomic E-state index is 13.0. The number of nitrogens with zero attached hydrogens (tertiary/aromatic N) is 1. The van der Waals surface area contributed by atoms with Crippen molar-refractivity contribution in [3.05, 3.63) is 36.2 Å². The molecule has 1 aromatic carbocycles. The van der Waals surface area contributed by atoms with E-state index in [2.05, 4.69) is 6.58 Å². The van der Waals surface area contributed by atoms with E-state index in [4.69, 9.17) is 5.11 Å². The zero-order valence-corrected chi connectivity index (χ0v) is 8.62. The van der Waals surface area contributed by atoms with Crippen LogP contribution < -0.4 is 4.90 Å². The standard InChI is InChI=1S/C11H12FNO2/c1-7(11(14)15)9-6-8(12)4-5-10(9)13(2)3/h4-6H,1H2,2-3H3,(H,14,15). The van der Waals surface area contributed by atoms with Crippen molar-refractivity contribution in [2.24, 2.45) is 0 Å². The molecule has 0 spiro atoms. The molecule has 4 heteroatoms. The number of anilines is 1. The second-order valence-electron chi connectivity index (χ2n) is 3.34. The van der Waals surface area contributed by atoms with Gasteiger partial charge in [0.05, 0.1) is 5.57 Å². The summed E-state index contributed by atoms with van der Waals surface area (Å²) < 4.78 is 13.0. The highest BCUT2D eigenvalue weighted by Gasteiger charge is 2.14. The third kappa shape index (κ3) is 2.34. The lowest BCUT2D eigenvalue weighted by Gasteiger charge is -2.17. The average Bonchev–Trinajstić information content (AvgIpc) is 2.15. The minimum Gasteiger partial charge on any atom is -0.478 e. The van der Waals surface area contributed by atoms with Crippen LogP contribution in [0.2, 0.25) is 0 Å². The lowest BCUT2D eigenvalue weighted by molar-refractivity contribution is -0.130. The molecule has 0 atom stereocenters.